The summed E-state index contributed by atoms with van der Waals surface area (Å²) in [6.07, 6.45) is 2.72. The highest BCUT2D eigenvalue weighted by Crippen LogP contribution is 2.26. The smallest absolute Gasteiger partial charge is 0.255 e. The molecule has 0 fully saturated rings. The summed E-state index contributed by atoms with van der Waals surface area (Å²) in [5.74, 6) is 0.457. The van der Waals surface area contributed by atoms with Gasteiger partial charge in [0.1, 0.15) is 12.4 Å². The average Bonchev–Trinajstić information content (AvgIpc) is 2.66. The number of carbonyl (C=O) groups excluding carboxylic acids is 2. The Hall–Kier alpha value is -3.08. The lowest BCUT2D eigenvalue weighted by molar-refractivity contribution is -0.113. The van der Waals surface area contributed by atoms with E-state index in [9.17, 15) is 9.59 Å². The van der Waals surface area contributed by atoms with Crippen LogP contribution in [0.15, 0.2) is 54.1 Å². The first-order valence-electron chi connectivity index (χ1n) is 8.29. The highest BCUT2D eigenvalue weighted by Gasteiger charge is 2.17. The Balaban J connectivity index is 1.66. The number of nitrogens with one attached hydrogen (secondary N) is 2. The first kappa shape index (κ1) is 16.8. The normalized spacial score (nSPS) is 12.4. The minimum Gasteiger partial charge on any atom is -0.488 e. The monoisotopic (exact) mass is 336 g/mol. The second-order valence-electron chi connectivity index (χ2n) is 5.78. The van der Waals surface area contributed by atoms with Gasteiger partial charge in [-0.3, -0.25) is 9.59 Å². The quantitative estimate of drug-likeness (QED) is 0.881. The predicted molar refractivity (Wildman–Crippen MR) is 97.6 cm³/mol. The van der Waals surface area contributed by atoms with Crippen LogP contribution in [-0.4, -0.2) is 25.0 Å². The average molecular weight is 336 g/mol. The van der Waals surface area contributed by atoms with E-state index in [0.717, 1.165) is 17.7 Å². The molecule has 0 atom stereocenters. The van der Waals surface area contributed by atoms with E-state index in [2.05, 4.69) is 10.6 Å². The van der Waals surface area contributed by atoms with Crippen LogP contribution in [0.1, 0.15) is 29.3 Å². The zero-order valence-electron chi connectivity index (χ0n) is 14.0. The van der Waals surface area contributed by atoms with Gasteiger partial charge in [-0.25, -0.2) is 0 Å². The van der Waals surface area contributed by atoms with Gasteiger partial charge in [-0.1, -0.05) is 25.1 Å². The molecule has 0 unspecified atom stereocenters. The van der Waals surface area contributed by atoms with Crippen LogP contribution in [0, 0.1) is 0 Å². The van der Waals surface area contributed by atoms with Gasteiger partial charge >= 0.3 is 0 Å². The molecule has 1 aliphatic rings. The standard InChI is InChI=1S/C20H20N2O3/c1-2-11-21-19(23)14-7-9-17(10-8-14)22-20(24)16-12-15-5-3-4-6-18(15)25-13-16/h3-10,12H,2,11,13H2,1H3,(H,21,23)(H,22,24). The molecule has 0 saturated carbocycles. The largest absolute Gasteiger partial charge is 0.488 e. The van der Waals surface area contributed by atoms with E-state index in [-0.39, 0.29) is 18.4 Å². The van der Waals surface area contributed by atoms with Gasteiger partial charge in [0.05, 0.1) is 5.57 Å². The van der Waals surface area contributed by atoms with Crippen LogP contribution in [0.25, 0.3) is 6.08 Å². The highest BCUT2D eigenvalue weighted by atomic mass is 16.5. The molecule has 2 N–H and O–H groups in total. The molecule has 0 bridgehead atoms. The number of amides is 2. The van der Waals surface area contributed by atoms with E-state index >= 15 is 0 Å². The number of hydrogen-bond donors (Lipinski definition) is 2. The Labute approximate surface area is 146 Å². The first-order chi connectivity index (χ1) is 12.2. The van der Waals surface area contributed by atoms with Gasteiger partial charge < -0.3 is 15.4 Å². The maximum atomic E-state index is 12.4. The summed E-state index contributed by atoms with van der Waals surface area (Å²) in [4.78, 5) is 24.3. The fraction of sp³-hybridized carbons (Fsp3) is 0.200. The van der Waals surface area contributed by atoms with Crippen molar-refractivity contribution in [2.45, 2.75) is 13.3 Å². The van der Waals surface area contributed by atoms with Gasteiger partial charge in [0, 0.05) is 23.4 Å². The summed E-state index contributed by atoms with van der Waals surface area (Å²) < 4.78 is 5.60. The summed E-state index contributed by atoms with van der Waals surface area (Å²) in [6.45, 7) is 2.88. The van der Waals surface area contributed by atoms with Gasteiger partial charge in [0.2, 0.25) is 0 Å². The Morgan fingerprint density at radius 3 is 2.56 bits per heavy atom. The number of carbonyl (C=O) groups is 2. The highest BCUT2D eigenvalue weighted by molar-refractivity contribution is 6.07. The second-order valence-corrected chi connectivity index (χ2v) is 5.78. The summed E-state index contributed by atoms with van der Waals surface area (Å²) in [5, 5.41) is 5.65. The molecule has 2 amide bonds. The SMILES string of the molecule is CCCNC(=O)c1ccc(NC(=O)C2=Cc3ccccc3OC2)cc1. The Bertz CT molecular complexity index is 810. The molecule has 2 aromatic rings. The summed E-state index contributed by atoms with van der Waals surface area (Å²) >= 11 is 0. The summed E-state index contributed by atoms with van der Waals surface area (Å²) in [6, 6.07) is 14.4. The molecule has 0 spiro atoms. The molecule has 128 valence electrons. The first-order valence-corrected chi connectivity index (χ1v) is 8.29. The molecule has 0 radical (unpaired) electrons. The number of ether oxygens (including phenoxy) is 1. The predicted octanol–water partition coefficient (Wildman–Crippen LogP) is 3.24. The van der Waals surface area contributed by atoms with E-state index in [1.807, 2.05) is 37.3 Å². The summed E-state index contributed by atoms with van der Waals surface area (Å²) in [5.41, 5.74) is 2.66. The van der Waals surface area contributed by atoms with Crippen molar-refractivity contribution in [3.63, 3.8) is 0 Å². The van der Waals surface area contributed by atoms with Crippen LogP contribution in [0.4, 0.5) is 5.69 Å². The number of para-hydroxylation sites is 1. The third-order valence-corrected chi connectivity index (χ3v) is 3.86. The molecule has 0 aromatic heterocycles. The molecule has 1 aliphatic heterocycles. The van der Waals surface area contributed by atoms with E-state index in [1.165, 1.54) is 0 Å². The van der Waals surface area contributed by atoms with Crippen LogP contribution >= 0.6 is 0 Å². The third-order valence-electron chi connectivity index (χ3n) is 3.86. The van der Waals surface area contributed by atoms with E-state index < -0.39 is 0 Å². The van der Waals surface area contributed by atoms with Crippen molar-refractivity contribution in [1.82, 2.24) is 5.32 Å². The van der Waals surface area contributed by atoms with Crippen molar-refractivity contribution in [1.29, 1.82) is 0 Å². The molecular formula is C20H20N2O3. The van der Waals surface area contributed by atoms with Crippen LogP contribution in [0.2, 0.25) is 0 Å². The zero-order chi connectivity index (χ0) is 17.6. The maximum absolute atomic E-state index is 12.4. The van der Waals surface area contributed by atoms with Crippen LogP contribution in [0.5, 0.6) is 5.75 Å². The van der Waals surface area contributed by atoms with Crippen molar-refractivity contribution in [3.05, 3.63) is 65.2 Å². The van der Waals surface area contributed by atoms with Crippen molar-refractivity contribution >= 4 is 23.6 Å². The lowest BCUT2D eigenvalue weighted by Crippen LogP contribution is -2.24. The fourth-order valence-corrected chi connectivity index (χ4v) is 2.50. The van der Waals surface area contributed by atoms with Crippen LogP contribution < -0.4 is 15.4 Å². The van der Waals surface area contributed by atoms with Gasteiger partial charge in [-0.15, -0.1) is 0 Å². The van der Waals surface area contributed by atoms with Gasteiger partial charge in [-0.2, -0.15) is 0 Å². The molecule has 2 aromatic carbocycles. The number of rotatable bonds is 5. The van der Waals surface area contributed by atoms with Crippen LogP contribution in [-0.2, 0) is 4.79 Å². The topological polar surface area (TPSA) is 67.4 Å². The lowest BCUT2D eigenvalue weighted by Gasteiger charge is -2.17. The molecule has 3 rings (SSSR count). The summed E-state index contributed by atoms with van der Waals surface area (Å²) in [7, 11) is 0. The molecule has 5 nitrogen and oxygen atoms in total. The molecular weight excluding hydrogens is 316 g/mol. The molecule has 25 heavy (non-hydrogen) atoms. The van der Waals surface area contributed by atoms with Crippen molar-refractivity contribution in [3.8, 4) is 5.75 Å². The maximum Gasteiger partial charge on any atom is 0.255 e. The van der Waals surface area contributed by atoms with Gasteiger partial charge in [0.15, 0.2) is 0 Å². The number of fused-ring (bicyclic) bond motifs is 1. The van der Waals surface area contributed by atoms with E-state index in [4.69, 9.17) is 4.74 Å². The Morgan fingerprint density at radius 2 is 1.80 bits per heavy atom. The van der Waals surface area contributed by atoms with Crippen molar-refractivity contribution in [2.75, 3.05) is 18.5 Å². The number of hydrogen-bond acceptors (Lipinski definition) is 3. The second kappa shape index (κ2) is 7.66. The molecule has 5 heteroatoms. The zero-order valence-corrected chi connectivity index (χ0v) is 14.0. The van der Waals surface area contributed by atoms with Gasteiger partial charge in [0.25, 0.3) is 11.8 Å². The van der Waals surface area contributed by atoms with E-state index in [0.29, 0.717) is 23.4 Å². The van der Waals surface area contributed by atoms with Crippen molar-refractivity contribution < 1.29 is 14.3 Å². The van der Waals surface area contributed by atoms with E-state index in [1.54, 1.807) is 24.3 Å². The van der Waals surface area contributed by atoms with Crippen molar-refractivity contribution in [2.24, 2.45) is 0 Å². The number of benzene rings is 2. The third kappa shape index (κ3) is 4.07. The Kier molecular flexibility index (Phi) is 5.14. The molecule has 0 aliphatic carbocycles. The lowest BCUT2D eigenvalue weighted by atomic mass is 10.1. The molecule has 1 heterocycles. The van der Waals surface area contributed by atoms with Crippen LogP contribution in [0.3, 0.4) is 0 Å². The number of anilines is 1. The fourth-order valence-electron chi connectivity index (χ4n) is 2.50. The minimum absolute atomic E-state index is 0.111. The van der Waals surface area contributed by atoms with Gasteiger partial charge in [-0.05, 0) is 42.8 Å². The molecule has 0 saturated heterocycles. The Morgan fingerprint density at radius 1 is 1.04 bits per heavy atom. The minimum atomic E-state index is -0.210.